The van der Waals surface area contributed by atoms with Crippen LogP contribution in [0.2, 0.25) is 0 Å². The van der Waals surface area contributed by atoms with Crippen LogP contribution in [-0.2, 0) is 20.7 Å². The first kappa shape index (κ1) is 20.2. The number of benzene rings is 2. The summed E-state index contributed by atoms with van der Waals surface area (Å²) in [5.41, 5.74) is 7.07. The Balaban J connectivity index is 1.86. The summed E-state index contributed by atoms with van der Waals surface area (Å²) in [7, 11) is -0.492. The van der Waals surface area contributed by atoms with Gasteiger partial charge in [0.25, 0.3) is 0 Å². The van der Waals surface area contributed by atoms with Gasteiger partial charge in [0.1, 0.15) is 12.4 Å². The van der Waals surface area contributed by atoms with Crippen molar-refractivity contribution in [2.45, 2.75) is 45.5 Å². The van der Waals surface area contributed by atoms with E-state index in [9.17, 15) is 4.79 Å². The second-order valence-corrected chi connectivity index (χ2v) is 7.90. The Labute approximate surface area is 166 Å². The van der Waals surface area contributed by atoms with Crippen LogP contribution in [0, 0.1) is 0 Å². The van der Waals surface area contributed by atoms with Crippen LogP contribution >= 0.6 is 0 Å². The lowest BCUT2D eigenvalue weighted by Crippen LogP contribution is -2.41. The summed E-state index contributed by atoms with van der Waals surface area (Å²) in [6, 6.07) is 15.6. The zero-order valence-electron chi connectivity index (χ0n) is 16.8. The molecule has 0 aliphatic carbocycles. The maximum Gasteiger partial charge on any atom is 0.494 e. The van der Waals surface area contributed by atoms with Crippen LogP contribution in [0.1, 0.15) is 38.8 Å². The molecule has 1 aliphatic rings. The van der Waals surface area contributed by atoms with Crippen molar-refractivity contribution >= 4 is 24.6 Å². The first-order valence-electron chi connectivity index (χ1n) is 9.32. The van der Waals surface area contributed by atoms with Crippen molar-refractivity contribution in [3.8, 4) is 5.75 Å². The molecule has 0 unspecified atom stereocenters. The van der Waals surface area contributed by atoms with Crippen molar-refractivity contribution in [1.29, 1.82) is 0 Å². The Bertz CT molecular complexity index is 861. The molecule has 1 amide bonds. The maximum atomic E-state index is 11.2. The maximum absolute atomic E-state index is 11.2. The first-order chi connectivity index (χ1) is 13.2. The average Bonchev–Trinajstić information content (AvgIpc) is 2.87. The normalized spacial score (nSPS) is 17.8. The third-order valence-corrected chi connectivity index (χ3v) is 5.22. The van der Waals surface area contributed by atoms with Gasteiger partial charge in [0, 0.05) is 11.6 Å². The molecule has 5 nitrogen and oxygen atoms in total. The number of amides is 1. The molecule has 1 fully saturated rings. The van der Waals surface area contributed by atoms with E-state index in [1.54, 1.807) is 6.08 Å². The molecule has 2 aromatic carbocycles. The standard InChI is InChI=1S/C22H26BNO4/c1-21(2)22(3,4)28-23(27-21)18-11-12-19(17(14-18)10-13-20(24)25)26-15-16-8-6-5-7-9-16/h5-14H,15H2,1-4H3,(H2,24,25). The summed E-state index contributed by atoms with van der Waals surface area (Å²) in [4.78, 5) is 11.2. The highest BCUT2D eigenvalue weighted by Gasteiger charge is 2.51. The number of hydrogen-bond acceptors (Lipinski definition) is 4. The average molecular weight is 379 g/mol. The summed E-state index contributed by atoms with van der Waals surface area (Å²) in [6.45, 7) is 8.47. The van der Waals surface area contributed by atoms with E-state index in [0.29, 0.717) is 12.4 Å². The molecule has 0 bridgehead atoms. The number of carbonyl (C=O) groups excluding carboxylic acids is 1. The van der Waals surface area contributed by atoms with Crippen molar-refractivity contribution in [3.05, 3.63) is 65.7 Å². The van der Waals surface area contributed by atoms with Crippen molar-refractivity contribution in [3.63, 3.8) is 0 Å². The second kappa shape index (κ2) is 7.82. The Hall–Kier alpha value is -2.57. The van der Waals surface area contributed by atoms with Crippen LogP contribution in [0.25, 0.3) is 6.08 Å². The molecule has 0 aromatic heterocycles. The zero-order valence-corrected chi connectivity index (χ0v) is 16.8. The van der Waals surface area contributed by atoms with Crippen LogP contribution in [0.5, 0.6) is 5.75 Å². The predicted octanol–water partition coefficient (Wildman–Crippen LogP) is 3.06. The van der Waals surface area contributed by atoms with E-state index in [2.05, 4.69) is 0 Å². The van der Waals surface area contributed by atoms with Crippen LogP contribution in [-0.4, -0.2) is 24.2 Å². The molecular formula is C22H26BNO4. The van der Waals surface area contributed by atoms with Gasteiger partial charge in [-0.3, -0.25) is 4.79 Å². The molecule has 1 aliphatic heterocycles. The van der Waals surface area contributed by atoms with Gasteiger partial charge in [-0.05, 0) is 50.9 Å². The number of ether oxygens (including phenoxy) is 1. The van der Waals surface area contributed by atoms with Gasteiger partial charge in [0.2, 0.25) is 5.91 Å². The third-order valence-electron chi connectivity index (χ3n) is 5.22. The van der Waals surface area contributed by atoms with Gasteiger partial charge in [-0.1, -0.05) is 42.5 Å². The third kappa shape index (κ3) is 4.46. The number of primary amides is 1. The topological polar surface area (TPSA) is 70.8 Å². The van der Waals surface area contributed by atoms with Gasteiger partial charge in [-0.2, -0.15) is 0 Å². The minimum atomic E-state index is -0.518. The second-order valence-electron chi connectivity index (χ2n) is 7.90. The fourth-order valence-corrected chi connectivity index (χ4v) is 2.86. The van der Waals surface area contributed by atoms with Gasteiger partial charge in [0.15, 0.2) is 0 Å². The molecule has 0 spiro atoms. The predicted molar refractivity (Wildman–Crippen MR) is 111 cm³/mol. The summed E-state index contributed by atoms with van der Waals surface area (Å²) >= 11 is 0. The molecule has 28 heavy (non-hydrogen) atoms. The molecule has 2 aromatic rings. The lowest BCUT2D eigenvalue weighted by atomic mass is 9.78. The van der Waals surface area contributed by atoms with Crippen molar-refractivity contribution in [2.75, 3.05) is 0 Å². The van der Waals surface area contributed by atoms with Crippen molar-refractivity contribution in [1.82, 2.24) is 0 Å². The molecule has 0 atom stereocenters. The minimum absolute atomic E-state index is 0.425. The fourth-order valence-electron chi connectivity index (χ4n) is 2.86. The molecule has 3 rings (SSSR count). The van der Waals surface area contributed by atoms with Crippen LogP contribution < -0.4 is 15.9 Å². The van der Waals surface area contributed by atoms with Gasteiger partial charge in [-0.15, -0.1) is 0 Å². The van der Waals surface area contributed by atoms with Crippen LogP contribution in [0.4, 0.5) is 0 Å². The highest BCUT2D eigenvalue weighted by Crippen LogP contribution is 2.36. The van der Waals surface area contributed by atoms with Crippen molar-refractivity contribution in [2.24, 2.45) is 5.73 Å². The summed E-state index contributed by atoms with van der Waals surface area (Å²) < 4.78 is 18.2. The Kier molecular flexibility index (Phi) is 5.63. The SMILES string of the molecule is CC1(C)OB(c2ccc(OCc3ccccc3)c(C=CC(N)=O)c2)OC1(C)C. The lowest BCUT2D eigenvalue weighted by Gasteiger charge is -2.32. The smallest absolute Gasteiger partial charge is 0.488 e. The first-order valence-corrected chi connectivity index (χ1v) is 9.32. The van der Waals surface area contributed by atoms with Crippen molar-refractivity contribution < 1.29 is 18.8 Å². The highest BCUT2D eigenvalue weighted by atomic mass is 16.7. The van der Waals surface area contributed by atoms with Gasteiger partial charge < -0.3 is 19.8 Å². The summed E-state index contributed by atoms with van der Waals surface area (Å²) in [6.07, 6.45) is 2.97. The van der Waals surface area contributed by atoms with E-state index in [1.807, 2.05) is 76.2 Å². The summed E-state index contributed by atoms with van der Waals surface area (Å²) in [5.74, 6) is 0.136. The lowest BCUT2D eigenvalue weighted by molar-refractivity contribution is -0.113. The number of carbonyl (C=O) groups is 1. The Morgan fingerprint density at radius 3 is 2.32 bits per heavy atom. The zero-order chi connectivity index (χ0) is 20.4. The Morgan fingerprint density at radius 2 is 1.71 bits per heavy atom. The molecule has 2 N–H and O–H groups in total. The fraction of sp³-hybridized carbons (Fsp3) is 0.318. The van der Waals surface area contributed by atoms with E-state index in [1.165, 1.54) is 6.08 Å². The van der Waals surface area contributed by atoms with Gasteiger partial charge in [-0.25, -0.2) is 0 Å². The molecule has 1 heterocycles. The van der Waals surface area contributed by atoms with E-state index >= 15 is 0 Å². The highest BCUT2D eigenvalue weighted by molar-refractivity contribution is 6.62. The molecule has 146 valence electrons. The minimum Gasteiger partial charge on any atom is -0.488 e. The largest absolute Gasteiger partial charge is 0.494 e. The monoisotopic (exact) mass is 379 g/mol. The molecule has 0 radical (unpaired) electrons. The number of rotatable bonds is 6. The summed E-state index contributed by atoms with van der Waals surface area (Å²) in [5, 5.41) is 0. The van der Waals surface area contributed by atoms with Gasteiger partial charge in [0.05, 0.1) is 11.2 Å². The molecular weight excluding hydrogens is 353 g/mol. The van der Waals surface area contributed by atoms with Crippen LogP contribution in [0.15, 0.2) is 54.6 Å². The van der Waals surface area contributed by atoms with E-state index < -0.39 is 24.2 Å². The quantitative estimate of drug-likeness (QED) is 0.619. The van der Waals surface area contributed by atoms with E-state index in [0.717, 1.165) is 16.6 Å². The number of hydrogen-bond donors (Lipinski definition) is 1. The van der Waals surface area contributed by atoms with E-state index in [4.69, 9.17) is 19.8 Å². The molecule has 6 heteroatoms. The molecule has 1 saturated heterocycles. The molecule has 0 saturated carbocycles. The van der Waals surface area contributed by atoms with Crippen LogP contribution in [0.3, 0.4) is 0 Å². The van der Waals surface area contributed by atoms with Gasteiger partial charge >= 0.3 is 7.12 Å². The number of nitrogens with two attached hydrogens (primary N) is 1. The Morgan fingerprint density at radius 1 is 1.07 bits per heavy atom. The van der Waals surface area contributed by atoms with E-state index in [-0.39, 0.29) is 0 Å².